The molecule has 0 heterocycles. The summed E-state index contributed by atoms with van der Waals surface area (Å²) < 4.78 is 1.01. The van der Waals surface area contributed by atoms with Gasteiger partial charge in [0.15, 0.2) is 11.6 Å². The third-order valence-electron chi connectivity index (χ3n) is 2.51. The van der Waals surface area contributed by atoms with Crippen LogP contribution in [0.2, 0.25) is 0 Å². The summed E-state index contributed by atoms with van der Waals surface area (Å²) in [5.74, 6) is 0.422. The number of likely N-dealkylation sites (N-methyl/N-ethyl adjacent to an activating group) is 1. The van der Waals surface area contributed by atoms with Gasteiger partial charge in [0.2, 0.25) is 0 Å². The van der Waals surface area contributed by atoms with E-state index in [1.165, 1.54) is 6.92 Å². The van der Waals surface area contributed by atoms with Crippen LogP contribution in [0.1, 0.15) is 20.8 Å². The highest BCUT2D eigenvalue weighted by atomic mass is 79.9. The molecule has 1 N–H and O–H groups in total. The Kier molecular flexibility index (Phi) is 5.85. The van der Waals surface area contributed by atoms with Gasteiger partial charge in [0.05, 0.1) is 5.69 Å². The van der Waals surface area contributed by atoms with Crippen LogP contribution in [0.15, 0.2) is 33.8 Å². The van der Waals surface area contributed by atoms with Crippen LogP contribution in [0.5, 0.6) is 0 Å². The van der Waals surface area contributed by atoms with Gasteiger partial charge in [0.1, 0.15) is 0 Å². The Labute approximate surface area is 116 Å². The Balaban J connectivity index is 2.83. The summed E-state index contributed by atoms with van der Waals surface area (Å²) >= 11 is 3.37. The monoisotopic (exact) mass is 311 g/mol. The summed E-state index contributed by atoms with van der Waals surface area (Å²) in [5, 5.41) is 4.19. The molecule has 1 aromatic rings. The molecule has 0 aromatic heterocycles. The Bertz CT molecular complexity index is 424. The number of rotatable bonds is 5. The molecule has 0 fully saturated rings. The van der Waals surface area contributed by atoms with Crippen LogP contribution in [0.25, 0.3) is 0 Å². The van der Waals surface area contributed by atoms with Crippen LogP contribution >= 0.6 is 15.9 Å². The fraction of sp³-hybridized carbons (Fsp3) is 0.385. The number of benzene rings is 1. The Morgan fingerprint density at radius 1 is 1.28 bits per heavy atom. The number of halogens is 1. The van der Waals surface area contributed by atoms with Crippen molar-refractivity contribution in [3.63, 3.8) is 0 Å². The summed E-state index contributed by atoms with van der Waals surface area (Å²) in [4.78, 5) is 13.5. The lowest BCUT2D eigenvalue weighted by molar-refractivity contribution is -0.111. The molecule has 98 valence electrons. The standard InChI is InChI=1S/C13H18BrN3O/c1-4-17(5-2)13(10(3)18)16-15-12-8-6-11(14)7-9-12/h6-9,15H,4-5H2,1-3H3. The number of nitrogens with one attached hydrogen (secondary N) is 1. The molecule has 0 saturated carbocycles. The van der Waals surface area contributed by atoms with E-state index in [0.29, 0.717) is 5.84 Å². The first-order valence-corrected chi connectivity index (χ1v) is 6.72. The summed E-state index contributed by atoms with van der Waals surface area (Å²) in [5.41, 5.74) is 3.76. The van der Waals surface area contributed by atoms with E-state index in [1.807, 2.05) is 43.0 Å². The van der Waals surface area contributed by atoms with Gasteiger partial charge in [-0.2, -0.15) is 5.10 Å². The van der Waals surface area contributed by atoms with Crippen LogP contribution in [0, 0.1) is 0 Å². The highest BCUT2D eigenvalue weighted by Gasteiger charge is 2.12. The highest BCUT2D eigenvalue weighted by molar-refractivity contribution is 9.10. The molecule has 4 nitrogen and oxygen atoms in total. The van der Waals surface area contributed by atoms with Crippen LogP contribution in [0.4, 0.5) is 5.69 Å². The van der Waals surface area contributed by atoms with Gasteiger partial charge in [-0.05, 0) is 38.1 Å². The fourth-order valence-corrected chi connectivity index (χ4v) is 1.80. The van der Waals surface area contributed by atoms with E-state index < -0.39 is 0 Å². The van der Waals surface area contributed by atoms with Crippen molar-refractivity contribution in [3.05, 3.63) is 28.7 Å². The van der Waals surface area contributed by atoms with Crippen molar-refractivity contribution in [2.24, 2.45) is 5.10 Å². The first-order chi connectivity index (χ1) is 8.58. The Morgan fingerprint density at radius 2 is 1.83 bits per heavy atom. The van der Waals surface area contributed by atoms with Crippen LogP contribution in [0.3, 0.4) is 0 Å². The molecule has 0 aliphatic rings. The fourth-order valence-electron chi connectivity index (χ4n) is 1.54. The summed E-state index contributed by atoms with van der Waals surface area (Å²) in [6, 6.07) is 7.63. The molecule has 0 aliphatic heterocycles. The highest BCUT2D eigenvalue weighted by Crippen LogP contribution is 2.14. The lowest BCUT2D eigenvalue weighted by Gasteiger charge is -2.20. The van der Waals surface area contributed by atoms with Crippen molar-refractivity contribution >= 4 is 33.2 Å². The van der Waals surface area contributed by atoms with Gasteiger partial charge < -0.3 is 4.90 Å². The maximum Gasteiger partial charge on any atom is 0.196 e. The van der Waals surface area contributed by atoms with E-state index >= 15 is 0 Å². The predicted molar refractivity (Wildman–Crippen MR) is 78.8 cm³/mol. The van der Waals surface area contributed by atoms with Gasteiger partial charge in [-0.15, -0.1) is 0 Å². The van der Waals surface area contributed by atoms with Crippen molar-refractivity contribution in [2.45, 2.75) is 20.8 Å². The number of ketones is 1. The lowest BCUT2D eigenvalue weighted by Crippen LogP contribution is -2.36. The van der Waals surface area contributed by atoms with E-state index in [2.05, 4.69) is 26.5 Å². The number of hydrazone groups is 1. The second-order valence-corrected chi connectivity index (χ2v) is 4.70. The summed E-state index contributed by atoms with van der Waals surface area (Å²) in [6.07, 6.45) is 0. The zero-order valence-electron chi connectivity index (χ0n) is 10.9. The quantitative estimate of drug-likeness (QED) is 0.516. The van der Waals surface area contributed by atoms with E-state index in [9.17, 15) is 4.79 Å². The average Bonchev–Trinajstić information content (AvgIpc) is 2.36. The number of hydrogen-bond donors (Lipinski definition) is 1. The van der Waals surface area contributed by atoms with E-state index in [4.69, 9.17) is 0 Å². The van der Waals surface area contributed by atoms with Gasteiger partial charge in [-0.25, -0.2) is 0 Å². The predicted octanol–water partition coefficient (Wildman–Crippen LogP) is 3.11. The molecule has 0 saturated heterocycles. The van der Waals surface area contributed by atoms with E-state index in [0.717, 1.165) is 23.2 Å². The van der Waals surface area contributed by atoms with Crippen molar-refractivity contribution < 1.29 is 4.79 Å². The molecule has 18 heavy (non-hydrogen) atoms. The van der Waals surface area contributed by atoms with Gasteiger partial charge in [0.25, 0.3) is 0 Å². The molecule has 5 heteroatoms. The lowest BCUT2D eigenvalue weighted by atomic mass is 10.3. The van der Waals surface area contributed by atoms with Crippen LogP contribution < -0.4 is 5.43 Å². The normalized spacial score (nSPS) is 11.2. The van der Waals surface area contributed by atoms with Gasteiger partial charge in [-0.1, -0.05) is 15.9 Å². The van der Waals surface area contributed by atoms with Crippen molar-refractivity contribution in [1.82, 2.24) is 4.90 Å². The Hall–Kier alpha value is -1.36. The maximum atomic E-state index is 11.6. The largest absolute Gasteiger partial charge is 0.353 e. The number of carbonyl (C=O) groups excluding carboxylic acids is 1. The number of carbonyl (C=O) groups is 1. The number of anilines is 1. The molecule has 1 aromatic carbocycles. The summed E-state index contributed by atoms with van der Waals surface area (Å²) in [7, 11) is 0. The number of amidine groups is 1. The maximum absolute atomic E-state index is 11.6. The van der Waals surface area contributed by atoms with Crippen LogP contribution in [-0.4, -0.2) is 29.6 Å². The molecule has 0 bridgehead atoms. The molecule has 0 atom stereocenters. The second kappa shape index (κ2) is 7.16. The molecule has 0 aliphatic carbocycles. The minimum atomic E-state index is -0.0386. The number of nitrogens with zero attached hydrogens (tertiary/aromatic N) is 2. The average molecular weight is 312 g/mol. The van der Waals surface area contributed by atoms with Crippen molar-refractivity contribution in [2.75, 3.05) is 18.5 Å². The molecule has 0 radical (unpaired) electrons. The van der Waals surface area contributed by atoms with Crippen molar-refractivity contribution in [3.8, 4) is 0 Å². The first kappa shape index (κ1) is 14.7. The first-order valence-electron chi connectivity index (χ1n) is 5.93. The smallest absolute Gasteiger partial charge is 0.196 e. The topological polar surface area (TPSA) is 44.7 Å². The minimum Gasteiger partial charge on any atom is -0.353 e. The van der Waals surface area contributed by atoms with Crippen molar-refractivity contribution in [1.29, 1.82) is 0 Å². The molecule has 0 amide bonds. The third kappa shape index (κ3) is 4.14. The van der Waals surface area contributed by atoms with E-state index in [1.54, 1.807) is 0 Å². The SMILES string of the molecule is CCN(CC)C(=NNc1ccc(Br)cc1)C(C)=O. The zero-order valence-corrected chi connectivity index (χ0v) is 12.5. The number of hydrogen-bond acceptors (Lipinski definition) is 3. The number of Topliss-reactive ketones (excluding diaryl/α,β-unsaturated/α-hetero) is 1. The second-order valence-electron chi connectivity index (χ2n) is 3.78. The minimum absolute atomic E-state index is 0.0386. The third-order valence-corrected chi connectivity index (χ3v) is 3.04. The van der Waals surface area contributed by atoms with Gasteiger partial charge >= 0.3 is 0 Å². The molecule has 1 rings (SSSR count). The van der Waals surface area contributed by atoms with Gasteiger partial charge in [-0.3, -0.25) is 10.2 Å². The van der Waals surface area contributed by atoms with Crippen LogP contribution in [-0.2, 0) is 4.79 Å². The van der Waals surface area contributed by atoms with E-state index in [-0.39, 0.29) is 5.78 Å². The molecular weight excluding hydrogens is 294 g/mol. The zero-order chi connectivity index (χ0) is 13.5. The molecular formula is C13H18BrN3O. The summed E-state index contributed by atoms with van der Waals surface area (Å²) in [6.45, 7) is 7.05. The van der Waals surface area contributed by atoms with Gasteiger partial charge in [0, 0.05) is 24.5 Å². The Morgan fingerprint density at radius 3 is 2.28 bits per heavy atom. The molecule has 0 unspecified atom stereocenters. The molecule has 0 spiro atoms.